The molecule has 1 atom stereocenters. The minimum absolute atomic E-state index is 0.0494. The molecule has 0 aromatic rings. The number of methoxy groups -OCH3 is 1. The van der Waals surface area contributed by atoms with Gasteiger partial charge in [-0.15, -0.1) is 0 Å². The Hall–Kier alpha value is -0.180. The molecule has 1 saturated carbocycles. The highest BCUT2D eigenvalue weighted by Gasteiger charge is 2.35. The quantitative estimate of drug-likeness (QED) is 0.494. The monoisotopic (exact) mass is 160 g/mol. The van der Waals surface area contributed by atoms with Crippen molar-refractivity contribution in [3.63, 3.8) is 0 Å². The first-order chi connectivity index (χ1) is 4.79. The number of rotatable bonds is 3. The average molecular weight is 160 g/mol. The van der Waals surface area contributed by atoms with Gasteiger partial charge in [-0.3, -0.25) is 4.79 Å². The van der Waals surface area contributed by atoms with Gasteiger partial charge in [0.2, 0.25) is 0 Å². The Morgan fingerprint density at radius 1 is 1.80 bits per heavy atom. The van der Waals surface area contributed by atoms with E-state index in [1.165, 1.54) is 20.0 Å². The van der Waals surface area contributed by atoms with Gasteiger partial charge < -0.3 is 4.74 Å². The molecule has 1 aliphatic rings. The highest BCUT2D eigenvalue weighted by molar-refractivity contribution is 7.80. The normalized spacial score (nSPS) is 20.2. The maximum atomic E-state index is 11.0. The van der Waals surface area contributed by atoms with Crippen molar-refractivity contribution in [2.75, 3.05) is 12.9 Å². The van der Waals surface area contributed by atoms with E-state index < -0.39 is 0 Å². The molecule has 3 heteroatoms. The molecule has 0 saturated heterocycles. The van der Waals surface area contributed by atoms with Crippen molar-refractivity contribution < 1.29 is 9.53 Å². The molecule has 1 fully saturated rings. The molecule has 58 valence electrons. The van der Waals surface area contributed by atoms with Crippen molar-refractivity contribution in [3.05, 3.63) is 0 Å². The predicted octanol–water partition coefficient (Wildman–Crippen LogP) is 1.12. The van der Waals surface area contributed by atoms with E-state index in [2.05, 4.69) is 17.4 Å². The smallest absolute Gasteiger partial charge is 0.309 e. The summed E-state index contributed by atoms with van der Waals surface area (Å²) in [6.45, 7) is 0. The van der Waals surface area contributed by atoms with Crippen molar-refractivity contribution in [2.24, 2.45) is 11.8 Å². The summed E-state index contributed by atoms with van der Waals surface area (Å²) in [5.74, 6) is 1.13. The third kappa shape index (κ3) is 1.66. The lowest BCUT2D eigenvalue weighted by Crippen LogP contribution is -2.19. The van der Waals surface area contributed by atoms with Crippen LogP contribution in [-0.2, 0) is 9.53 Å². The molecule has 1 unspecified atom stereocenters. The molecule has 0 radical (unpaired) electrons. The average Bonchev–Trinajstić information content (AvgIpc) is 2.73. The maximum Gasteiger partial charge on any atom is 0.309 e. The van der Waals surface area contributed by atoms with Gasteiger partial charge >= 0.3 is 5.97 Å². The Bertz CT molecular complexity index is 132. The molecule has 0 spiro atoms. The van der Waals surface area contributed by atoms with Gasteiger partial charge in [0.25, 0.3) is 0 Å². The Balaban J connectivity index is 2.38. The van der Waals surface area contributed by atoms with Gasteiger partial charge in [-0.2, -0.15) is 12.6 Å². The van der Waals surface area contributed by atoms with E-state index in [9.17, 15) is 4.79 Å². The molecular formula is C7H12O2S. The molecule has 1 aliphatic carbocycles. The van der Waals surface area contributed by atoms with Crippen LogP contribution in [0, 0.1) is 11.8 Å². The Kier molecular flexibility index (Phi) is 2.60. The van der Waals surface area contributed by atoms with Gasteiger partial charge in [-0.05, 0) is 18.8 Å². The molecule has 1 rings (SSSR count). The zero-order chi connectivity index (χ0) is 7.56. The van der Waals surface area contributed by atoms with E-state index in [0.29, 0.717) is 11.7 Å². The first kappa shape index (κ1) is 7.92. The fraction of sp³-hybridized carbons (Fsp3) is 0.857. The van der Waals surface area contributed by atoms with Crippen LogP contribution in [0.5, 0.6) is 0 Å². The van der Waals surface area contributed by atoms with Crippen LogP contribution in [0.4, 0.5) is 0 Å². The Morgan fingerprint density at radius 2 is 2.40 bits per heavy atom. The standard InChI is InChI=1S/C7H12O2S/c1-9-7(8)6(4-10)5-2-3-5/h5-6,10H,2-4H2,1H3. The van der Waals surface area contributed by atoms with Crippen LogP contribution in [-0.4, -0.2) is 18.8 Å². The van der Waals surface area contributed by atoms with E-state index >= 15 is 0 Å². The molecule has 0 heterocycles. The summed E-state index contributed by atoms with van der Waals surface area (Å²) in [6, 6.07) is 0. The van der Waals surface area contributed by atoms with Crippen molar-refractivity contribution in [2.45, 2.75) is 12.8 Å². The highest BCUT2D eigenvalue weighted by Crippen LogP contribution is 2.37. The maximum absolute atomic E-state index is 11.0. The summed E-state index contributed by atoms with van der Waals surface area (Å²) in [4.78, 5) is 11.0. The number of hydrogen-bond donors (Lipinski definition) is 1. The number of ether oxygens (including phenoxy) is 1. The SMILES string of the molecule is COC(=O)C(CS)C1CC1. The van der Waals surface area contributed by atoms with E-state index in [4.69, 9.17) is 0 Å². The molecule has 0 amide bonds. The van der Waals surface area contributed by atoms with Gasteiger partial charge in [0.15, 0.2) is 0 Å². The van der Waals surface area contributed by atoms with Gasteiger partial charge in [-0.25, -0.2) is 0 Å². The van der Waals surface area contributed by atoms with Gasteiger partial charge in [0.05, 0.1) is 13.0 Å². The molecule has 0 aliphatic heterocycles. The minimum atomic E-state index is -0.0995. The van der Waals surface area contributed by atoms with E-state index in [1.807, 2.05) is 0 Å². The van der Waals surface area contributed by atoms with Crippen molar-refractivity contribution in [1.29, 1.82) is 0 Å². The molecule has 0 aromatic carbocycles. The van der Waals surface area contributed by atoms with Gasteiger partial charge in [0.1, 0.15) is 0 Å². The second kappa shape index (κ2) is 3.28. The zero-order valence-electron chi connectivity index (χ0n) is 6.04. The fourth-order valence-electron chi connectivity index (χ4n) is 1.07. The van der Waals surface area contributed by atoms with Crippen molar-refractivity contribution >= 4 is 18.6 Å². The Labute approximate surface area is 66.4 Å². The van der Waals surface area contributed by atoms with Crippen molar-refractivity contribution in [3.8, 4) is 0 Å². The lowest BCUT2D eigenvalue weighted by atomic mass is 10.1. The summed E-state index contributed by atoms with van der Waals surface area (Å²) >= 11 is 4.09. The molecule has 0 bridgehead atoms. The first-order valence-electron chi connectivity index (χ1n) is 3.48. The van der Waals surface area contributed by atoms with Crippen LogP contribution < -0.4 is 0 Å². The molecule has 10 heavy (non-hydrogen) atoms. The van der Waals surface area contributed by atoms with E-state index in [-0.39, 0.29) is 11.9 Å². The number of thiol groups is 1. The topological polar surface area (TPSA) is 26.3 Å². The minimum Gasteiger partial charge on any atom is -0.469 e. The number of hydrogen-bond acceptors (Lipinski definition) is 3. The van der Waals surface area contributed by atoms with Crippen LogP contribution >= 0.6 is 12.6 Å². The summed E-state index contributed by atoms with van der Waals surface area (Å²) in [5, 5.41) is 0. The van der Waals surface area contributed by atoms with Crippen LogP contribution in [0.1, 0.15) is 12.8 Å². The number of carbonyl (C=O) groups is 1. The van der Waals surface area contributed by atoms with Gasteiger partial charge in [-0.1, -0.05) is 0 Å². The Morgan fingerprint density at radius 3 is 2.70 bits per heavy atom. The van der Waals surface area contributed by atoms with Crippen LogP contribution in [0.3, 0.4) is 0 Å². The lowest BCUT2D eigenvalue weighted by Gasteiger charge is -2.08. The summed E-state index contributed by atoms with van der Waals surface area (Å²) in [7, 11) is 1.43. The summed E-state index contributed by atoms with van der Waals surface area (Å²) in [5.41, 5.74) is 0. The lowest BCUT2D eigenvalue weighted by molar-refractivity contribution is -0.145. The largest absolute Gasteiger partial charge is 0.469 e. The van der Waals surface area contributed by atoms with Gasteiger partial charge in [0, 0.05) is 5.75 Å². The predicted molar refractivity (Wildman–Crippen MR) is 42.1 cm³/mol. The van der Waals surface area contributed by atoms with E-state index in [1.54, 1.807) is 0 Å². The van der Waals surface area contributed by atoms with E-state index in [0.717, 1.165) is 0 Å². The number of carbonyl (C=O) groups excluding carboxylic acids is 1. The van der Waals surface area contributed by atoms with Crippen LogP contribution in [0.25, 0.3) is 0 Å². The fourth-order valence-corrected chi connectivity index (χ4v) is 1.51. The molecule has 0 aromatic heterocycles. The second-order valence-electron chi connectivity index (χ2n) is 2.65. The molecule has 2 nitrogen and oxygen atoms in total. The third-order valence-corrected chi connectivity index (χ3v) is 2.29. The van der Waals surface area contributed by atoms with Crippen molar-refractivity contribution in [1.82, 2.24) is 0 Å². The van der Waals surface area contributed by atoms with Crippen LogP contribution in [0.15, 0.2) is 0 Å². The first-order valence-corrected chi connectivity index (χ1v) is 4.11. The third-order valence-electron chi connectivity index (χ3n) is 1.89. The highest BCUT2D eigenvalue weighted by atomic mass is 32.1. The molecular weight excluding hydrogens is 148 g/mol. The number of esters is 1. The van der Waals surface area contributed by atoms with Crippen LogP contribution in [0.2, 0.25) is 0 Å². The molecule has 0 N–H and O–H groups in total. The zero-order valence-corrected chi connectivity index (χ0v) is 6.93. The second-order valence-corrected chi connectivity index (χ2v) is 3.01. The summed E-state index contributed by atoms with van der Waals surface area (Å²) < 4.78 is 4.62. The summed E-state index contributed by atoms with van der Waals surface area (Å²) in [6.07, 6.45) is 2.33.